The summed E-state index contributed by atoms with van der Waals surface area (Å²) in [6, 6.07) is 5.65. The molecule has 1 aliphatic heterocycles. The molecule has 24 heavy (non-hydrogen) atoms. The number of aromatic nitrogens is 3. The Bertz CT molecular complexity index is 710. The van der Waals surface area contributed by atoms with Crippen LogP contribution < -0.4 is 5.32 Å². The summed E-state index contributed by atoms with van der Waals surface area (Å²) in [5.74, 6) is 0.760. The van der Waals surface area contributed by atoms with Gasteiger partial charge in [-0.05, 0) is 44.4 Å². The van der Waals surface area contributed by atoms with Crippen molar-refractivity contribution in [3.8, 4) is 5.82 Å². The van der Waals surface area contributed by atoms with Crippen LogP contribution in [0.25, 0.3) is 5.82 Å². The Morgan fingerprint density at radius 2 is 2.25 bits per heavy atom. The summed E-state index contributed by atoms with van der Waals surface area (Å²) in [7, 11) is 0. The van der Waals surface area contributed by atoms with Gasteiger partial charge in [0, 0.05) is 25.0 Å². The molecule has 0 radical (unpaired) electrons. The molecule has 1 aliphatic rings. The number of carbonyl (C=O) groups is 1. The third-order valence-electron chi connectivity index (χ3n) is 4.33. The van der Waals surface area contributed by atoms with E-state index in [0.717, 1.165) is 35.6 Å². The molecule has 0 saturated carbocycles. The van der Waals surface area contributed by atoms with Crippen molar-refractivity contribution in [3.63, 3.8) is 0 Å². The van der Waals surface area contributed by atoms with Crippen LogP contribution in [0.4, 0.5) is 4.79 Å². The van der Waals surface area contributed by atoms with E-state index in [4.69, 9.17) is 0 Å². The largest absolute Gasteiger partial charge is 0.394 e. The summed E-state index contributed by atoms with van der Waals surface area (Å²) >= 11 is 0. The number of urea groups is 1. The highest BCUT2D eigenvalue weighted by atomic mass is 16.3. The molecule has 2 N–H and O–H groups in total. The van der Waals surface area contributed by atoms with Crippen LogP contribution in [0.1, 0.15) is 29.8 Å². The van der Waals surface area contributed by atoms with E-state index in [9.17, 15) is 9.90 Å². The van der Waals surface area contributed by atoms with Crippen molar-refractivity contribution in [3.05, 3.63) is 41.3 Å². The lowest BCUT2D eigenvalue weighted by atomic mass is 10.2. The molecular formula is C17H23N5O2. The topological polar surface area (TPSA) is 83.3 Å². The molecule has 0 aliphatic carbocycles. The van der Waals surface area contributed by atoms with Crippen LogP contribution in [0.2, 0.25) is 0 Å². The minimum atomic E-state index is -0.130. The molecule has 2 amide bonds. The first-order valence-electron chi connectivity index (χ1n) is 8.22. The molecule has 7 heteroatoms. The molecule has 7 nitrogen and oxygen atoms in total. The summed E-state index contributed by atoms with van der Waals surface area (Å²) in [6.45, 7) is 5.07. The van der Waals surface area contributed by atoms with Gasteiger partial charge in [-0.15, -0.1) is 0 Å². The summed E-state index contributed by atoms with van der Waals surface area (Å²) < 4.78 is 1.80. The maximum atomic E-state index is 12.2. The first kappa shape index (κ1) is 16.4. The number of aliphatic hydroxyl groups is 1. The number of amides is 2. The number of pyridine rings is 1. The van der Waals surface area contributed by atoms with Crippen molar-refractivity contribution < 1.29 is 9.90 Å². The van der Waals surface area contributed by atoms with E-state index in [1.165, 1.54) is 0 Å². The number of likely N-dealkylation sites (tertiary alicyclic amines) is 1. The zero-order valence-corrected chi connectivity index (χ0v) is 14.1. The molecule has 1 saturated heterocycles. The minimum absolute atomic E-state index is 0.0201. The second-order valence-electron chi connectivity index (χ2n) is 6.19. The predicted octanol–water partition coefficient (Wildman–Crippen LogP) is 1.55. The van der Waals surface area contributed by atoms with E-state index >= 15 is 0 Å². The van der Waals surface area contributed by atoms with Gasteiger partial charge < -0.3 is 15.3 Å². The summed E-state index contributed by atoms with van der Waals surface area (Å²) in [6.07, 6.45) is 3.56. The van der Waals surface area contributed by atoms with Gasteiger partial charge in [0.1, 0.15) is 0 Å². The predicted molar refractivity (Wildman–Crippen MR) is 89.9 cm³/mol. The lowest BCUT2D eigenvalue weighted by molar-refractivity contribution is 0.157. The number of hydrogen-bond acceptors (Lipinski definition) is 4. The fourth-order valence-corrected chi connectivity index (χ4v) is 3.08. The molecule has 0 aromatic carbocycles. The van der Waals surface area contributed by atoms with Gasteiger partial charge >= 0.3 is 6.03 Å². The third kappa shape index (κ3) is 3.41. The molecule has 128 valence electrons. The van der Waals surface area contributed by atoms with Crippen LogP contribution in [0, 0.1) is 13.8 Å². The van der Waals surface area contributed by atoms with Crippen molar-refractivity contribution in [2.24, 2.45) is 0 Å². The zero-order valence-electron chi connectivity index (χ0n) is 14.1. The Labute approximate surface area is 141 Å². The maximum absolute atomic E-state index is 12.2. The van der Waals surface area contributed by atoms with E-state index in [0.29, 0.717) is 13.1 Å². The van der Waals surface area contributed by atoms with Crippen molar-refractivity contribution >= 4 is 6.03 Å². The highest BCUT2D eigenvalue weighted by molar-refractivity contribution is 5.74. The molecule has 3 rings (SSSR count). The van der Waals surface area contributed by atoms with Gasteiger partial charge in [0.2, 0.25) is 0 Å². The molecule has 0 bridgehead atoms. The molecule has 2 aromatic rings. The second kappa shape index (κ2) is 7.00. The summed E-state index contributed by atoms with van der Waals surface area (Å²) in [4.78, 5) is 18.3. The van der Waals surface area contributed by atoms with E-state index in [1.54, 1.807) is 15.8 Å². The van der Waals surface area contributed by atoms with Gasteiger partial charge in [0.25, 0.3) is 0 Å². The van der Waals surface area contributed by atoms with Crippen LogP contribution in [0.15, 0.2) is 24.4 Å². The lowest BCUT2D eigenvalue weighted by Crippen LogP contribution is -2.43. The van der Waals surface area contributed by atoms with Crippen LogP contribution in [0.3, 0.4) is 0 Å². The standard InChI is InChI=1S/C17H23N5O2/c1-12-8-13(2)22(20-12)16-6-5-14(9-18-16)10-19-17(24)21-7-3-4-15(21)11-23/h5-6,8-9,15,23H,3-4,7,10-11H2,1-2H3,(H,19,24). The van der Waals surface area contributed by atoms with E-state index < -0.39 is 0 Å². The van der Waals surface area contributed by atoms with E-state index in [-0.39, 0.29) is 18.7 Å². The number of nitrogens with one attached hydrogen (secondary N) is 1. The number of carbonyl (C=O) groups excluding carboxylic acids is 1. The number of hydrogen-bond donors (Lipinski definition) is 2. The van der Waals surface area contributed by atoms with Gasteiger partial charge in [-0.1, -0.05) is 6.07 Å². The molecule has 1 fully saturated rings. The summed E-state index contributed by atoms with van der Waals surface area (Å²) in [5.41, 5.74) is 2.91. The highest BCUT2D eigenvalue weighted by Crippen LogP contribution is 2.16. The van der Waals surface area contributed by atoms with Gasteiger partial charge in [0.05, 0.1) is 18.3 Å². The van der Waals surface area contributed by atoms with E-state index in [2.05, 4.69) is 15.4 Å². The molecule has 2 aromatic heterocycles. The molecule has 1 unspecified atom stereocenters. The average molecular weight is 329 g/mol. The van der Waals surface area contributed by atoms with Gasteiger partial charge in [-0.25, -0.2) is 14.5 Å². The Morgan fingerprint density at radius 3 is 2.88 bits per heavy atom. The normalized spacial score (nSPS) is 17.3. The van der Waals surface area contributed by atoms with Crippen LogP contribution in [-0.4, -0.2) is 50.0 Å². The number of aryl methyl sites for hydroxylation is 2. The fraction of sp³-hybridized carbons (Fsp3) is 0.471. The Kier molecular flexibility index (Phi) is 4.80. The van der Waals surface area contributed by atoms with Crippen molar-refractivity contribution in [1.29, 1.82) is 0 Å². The molecule has 3 heterocycles. The van der Waals surface area contributed by atoms with Crippen LogP contribution in [0.5, 0.6) is 0 Å². The van der Waals surface area contributed by atoms with Crippen molar-refractivity contribution in [1.82, 2.24) is 25.0 Å². The average Bonchev–Trinajstić information content (AvgIpc) is 3.19. The smallest absolute Gasteiger partial charge is 0.317 e. The quantitative estimate of drug-likeness (QED) is 0.891. The molecule has 0 spiro atoms. The number of rotatable bonds is 4. The molecular weight excluding hydrogens is 306 g/mol. The SMILES string of the molecule is Cc1cc(C)n(-c2ccc(CNC(=O)N3CCCC3CO)cn2)n1. The maximum Gasteiger partial charge on any atom is 0.317 e. The molecule has 1 atom stereocenters. The monoisotopic (exact) mass is 329 g/mol. The Hall–Kier alpha value is -2.41. The number of aliphatic hydroxyl groups excluding tert-OH is 1. The van der Waals surface area contributed by atoms with Crippen LogP contribution >= 0.6 is 0 Å². The highest BCUT2D eigenvalue weighted by Gasteiger charge is 2.27. The third-order valence-corrected chi connectivity index (χ3v) is 4.33. The van der Waals surface area contributed by atoms with Crippen LogP contribution in [-0.2, 0) is 6.54 Å². The van der Waals surface area contributed by atoms with Crippen molar-refractivity contribution in [2.75, 3.05) is 13.2 Å². The minimum Gasteiger partial charge on any atom is -0.394 e. The van der Waals surface area contributed by atoms with Crippen molar-refractivity contribution in [2.45, 2.75) is 39.3 Å². The first-order chi connectivity index (χ1) is 11.6. The van der Waals surface area contributed by atoms with Gasteiger partial charge in [0.15, 0.2) is 5.82 Å². The first-order valence-corrected chi connectivity index (χ1v) is 8.22. The Morgan fingerprint density at radius 1 is 1.42 bits per heavy atom. The lowest BCUT2D eigenvalue weighted by Gasteiger charge is -2.23. The van der Waals surface area contributed by atoms with Gasteiger partial charge in [-0.2, -0.15) is 5.10 Å². The second-order valence-corrected chi connectivity index (χ2v) is 6.19. The number of nitrogens with zero attached hydrogens (tertiary/aromatic N) is 4. The summed E-state index contributed by atoms with van der Waals surface area (Å²) in [5, 5.41) is 16.6. The Balaban J connectivity index is 1.60. The van der Waals surface area contributed by atoms with Gasteiger partial charge in [-0.3, -0.25) is 0 Å². The fourth-order valence-electron chi connectivity index (χ4n) is 3.08. The zero-order chi connectivity index (χ0) is 17.1. The van der Waals surface area contributed by atoms with E-state index in [1.807, 2.05) is 32.0 Å².